The van der Waals surface area contributed by atoms with Crippen LogP contribution in [0.5, 0.6) is 11.5 Å². The fourth-order valence-electron chi connectivity index (χ4n) is 7.49. The molecular formula is C37H42N2O6S. The van der Waals surface area contributed by atoms with Crippen LogP contribution >= 0.6 is 0 Å². The van der Waals surface area contributed by atoms with Crippen LogP contribution in [0.3, 0.4) is 0 Å². The van der Waals surface area contributed by atoms with E-state index in [9.17, 15) is 22.9 Å². The van der Waals surface area contributed by atoms with Crippen LogP contribution < -0.4 is 20.6 Å². The Kier molecular flexibility index (Phi) is 7.72. The molecule has 3 aromatic rings. The second-order valence-corrected chi connectivity index (χ2v) is 15.8. The molecule has 8 nitrogen and oxygen atoms in total. The molecule has 0 spiro atoms. The molecule has 3 N–H and O–H groups in total. The van der Waals surface area contributed by atoms with Crippen molar-refractivity contribution in [3.05, 3.63) is 92.5 Å². The zero-order valence-corrected chi connectivity index (χ0v) is 28.3. The van der Waals surface area contributed by atoms with Crippen LogP contribution in [0.4, 0.5) is 5.69 Å². The van der Waals surface area contributed by atoms with Gasteiger partial charge in [0.15, 0.2) is 0 Å². The van der Waals surface area contributed by atoms with Crippen molar-refractivity contribution in [2.24, 2.45) is 4.99 Å². The Morgan fingerprint density at radius 3 is 2.48 bits per heavy atom. The molecule has 3 aliphatic rings. The van der Waals surface area contributed by atoms with Crippen molar-refractivity contribution in [3.63, 3.8) is 0 Å². The number of allylic oxidation sites excluding steroid dienone is 1. The van der Waals surface area contributed by atoms with E-state index in [-0.39, 0.29) is 17.0 Å². The summed E-state index contributed by atoms with van der Waals surface area (Å²) in [5.74, 6) is -0.683. The number of benzene rings is 3. The SMILES string of the molecule is CCCC(C)c1ccc(C2=c3cc4c(cc3Oc3cc5c(cc32)C(C)=CC(C)(C)N5)=NC(C)(C)CC4CS(=O)(=O)O)c(C(=O)O)c1. The molecule has 0 bridgehead atoms. The van der Waals surface area contributed by atoms with Crippen molar-refractivity contribution in [3.8, 4) is 11.5 Å². The summed E-state index contributed by atoms with van der Waals surface area (Å²) in [5, 5.41) is 15.4. The number of hydrogen-bond acceptors (Lipinski definition) is 6. The molecular weight excluding hydrogens is 600 g/mol. The van der Waals surface area contributed by atoms with Crippen molar-refractivity contribution in [1.29, 1.82) is 0 Å². The van der Waals surface area contributed by atoms with Crippen LogP contribution in [0.1, 0.15) is 118 Å². The third-order valence-electron chi connectivity index (χ3n) is 9.32. The first-order chi connectivity index (χ1) is 21.4. The lowest BCUT2D eigenvalue weighted by molar-refractivity contribution is 0.0696. The Morgan fingerprint density at radius 1 is 1.07 bits per heavy atom. The van der Waals surface area contributed by atoms with Gasteiger partial charge in [-0.1, -0.05) is 38.5 Å². The van der Waals surface area contributed by atoms with Gasteiger partial charge in [0.1, 0.15) is 11.5 Å². The highest BCUT2D eigenvalue weighted by Crippen LogP contribution is 2.45. The van der Waals surface area contributed by atoms with E-state index in [4.69, 9.17) is 9.73 Å². The maximum atomic E-state index is 12.9. The number of rotatable bonds is 7. The van der Waals surface area contributed by atoms with Gasteiger partial charge in [-0.3, -0.25) is 9.55 Å². The average Bonchev–Trinajstić information content (AvgIpc) is 2.92. The molecule has 242 valence electrons. The standard InChI is InChI=1S/C37H42N2O6S/c1-8-9-20(2)22-10-11-24(27(12-22)35(40)41)34-28-13-25-21(3)17-36(4,5)38-30(25)15-32(28)45-33-16-31-26(14-29(33)34)23(19-46(42,43)44)18-37(6,7)39-31/h10-17,20,23,38H,8-9,18-19H2,1-7H3,(H,40,41)(H,42,43,44). The molecule has 0 fully saturated rings. The van der Waals surface area contributed by atoms with E-state index in [1.165, 1.54) is 0 Å². The van der Waals surface area contributed by atoms with Gasteiger partial charge in [0.2, 0.25) is 0 Å². The van der Waals surface area contributed by atoms with Crippen LogP contribution in [0, 0.1) is 0 Å². The lowest BCUT2D eigenvalue weighted by atomic mass is 9.81. The van der Waals surface area contributed by atoms with Crippen LogP contribution in [0.25, 0.3) is 11.1 Å². The van der Waals surface area contributed by atoms with Crippen LogP contribution in [0.2, 0.25) is 0 Å². The zero-order valence-electron chi connectivity index (χ0n) is 27.5. The fourth-order valence-corrected chi connectivity index (χ4v) is 8.29. The van der Waals surface area contributed by atoms with E-state index in [0.29, 0.717) is 45.2 Å². The molecule has 0 saturated carbocycles. The Bertz CT molecular complexity index is 2060. The van der Waals surface area contributed by atoms with Crippen LogP contribution in [-0.2, 0) is 10.1 Å². The minimum absolute atomic E-state index is 0.191. The molecule has 2 atom stereocenters. The van der Waals surface area contributed by atoms with Gasteiger partial charge in [0.25, 0.3) is 10.1 Å². The second kappa shape index (κ2) is 11.1. The molecule has 3 heterocycles. The summed E-state index contributed by atoms with van der Waals surface area (Å²) in [6, 6.07) is 13.4. The smallest absolute Gasteiger partial charge is 0.336 e. The molecule has 46 heavy (non-hydrogen) atoms. The number of carbonyl (C=O) groups is 1. The first-order valence-electron chi connectivity index (χ1n) is 15.9. The lowest BCUT2D eigenvalue weighted by Gasteiger charge is -2.34. The predicted molar refractivity (Wildman–Crippen MR) is 181 cm³/mol. The fraction of sp³-hybridized carbons (Fsp3) is 0.405. The van der Waals surface area contributed by atoms with E-state index in [0.717, 1.165) is 40.8 Å². The largest absolute Gasteiger partial charge is 0.478 e. The van der Waals surface area contributed by atoms with Gasteiger partial charge in [-0.05, 0) is 93.8 Å². The highest BCUT2D eigenvalue weighted by Gasteiger charge is 2.34. The van der Waals surface area contributed by atoms with Crippen molar-refractivity contribution in [2.75, 3.05) is 11.1 Å². The van der Waals surface area contributed by atoms with Crippen molar-refractivity contribution < 1.29 is 27.6 Å². The molecule has 0 amide bonds. The lowest BCUT2D eigenvalue weighted by Crippen LogP contribution is -2.37. The van der Waals surface area contributed by atoms with Gasteiger partial charge in [-0.2, -0.15) is 8.42 Å². The average molecular weight is 643 g/mol. The first-order valence-corrected chi connectivity index (χ1v) is 17.5. The van der Waals surface area contributed by atoms with Crippen molar-refractivity contribution in [2.45, 2.75) is 90.6 Å². The molecule has 3 aromatic carbocycles. The summed E-state index contributed by atoms with van der Waals surface area (Å²) >= 11 is 0. The number of nitrogens with zero attached hydrogens (tertiary/aromatic N) is 1. The van der Waals surface area contributed by atoms with Gasteiger partial charge in [-0.15, -0.1) is 0 Å². The normalized spacial score (nSPS) is 19.6. The number of fused-ring (bicyclic) bond motifs is 4. The molecule has 3 aliphatic heterocycles. The van der Waals surface area contributed by atoms with Crippen molar-refractivity contribution in [1.82, 2.24) is 0 Å². The quantitative estimate of drug-likeness (QED) is 0.185. The number of anilines is 1. The molecule has 2 unspecified atom stereocenters. The number of aromatic carboxylic acids is 1. The van der Waals surface area contributed by atoms with Crippen LogP contribution in [0.15, 0.2) is 53.5 Å². The van der Waals surface area contributed by atoms with E-state index in [1.807, 2.05) is 44.2 Å². The molecule has 0 aromatic heterocycles. The number of carboxylic acid groups (broad SMARTS) is 1. The van der Waals surface area contributed by atoms with E-state index in [1.54, 1.807) is 6.07 Å². The van der Waals surface area contributed by atoms with Gasteiger partial charge >= 0.3 is 5.97 Å². The molecule has 9 heteroatoms. The molecule has 6 rings (SSSR count). The first kappa shape index (κ1) is 32.0. The molecule has 0 aliphatic carbocycles. The second-order valence-electron chi connectivity index (χ2n) is 14.3. The van der Waals surface area contributed by atoms with E-state index >= 15 is 0 Å². The topological polar surface area (TPSA) is 125 Å². The van der Waals surface area contributed by atoms with Gasteiger partial charge in [0.05, 0.1) is 27.8 Å². The van der Waals surface area contributed by atoms with E-state index < -0.39 is 33.3 Å². The predicted octanol–water partition coefficient (Wildman–Crippen LogP) is 7.02. The molecule has 0 radical (unpaired) electrons. The maximum absolute atomic E-state index is 12.9. The highest BCUT2D eigenvalue weighted by atomic mass is 32.2. The summed E-state index contributed by atoms with van der Waals surface area (Å²) in [6.45, 7) is 14.4. The van der Waals surface area contributed by atoms with Crippen molar-refractivity contribution >= 4 is 32.9 Å². The van der Waals surface area contributed by atoms with Gasteiger partial charge in [0, 0.05) is 45.7 Å². The Hall–Kier alpha value is -3.95. The number of carboxylic acids is 1. The molecule has 0 saturated heterocycles. The third kappa shape index (κ3) is 5.98. The van der Waals surface area contributed by atoms with Gasteiger partial charge < -0.3 is 15.2 Å². The van der Waals surface area contributed by atoms with E-state index in [2.05, 4.69) is 52.1 Å². The number of hydrogen-bond donors (Lipinski definition) is 3. The minimum atomic E-state index is -4.28. The summed E-state index contributed by atoms with van der Waals surface area (Å²) in [7, 11) is -4.28. The number of ether oxygens (including phenoxy) is 1. The minimum Gasteiger partial charge on any atom is -0.478 e. The third-order valence-corrected chi connectivity index (χ3v) is 10.1. The Balaban J connectivity index is 1.71. The highest BCUT2D eigenvalue weighted by molar-refractivity contribution is 7.85. The summed E-state index contributed by atoms with van der Waals surface area (Å²) in [4.78, 5) is 17.9. The summed E-state index contributed by atoms with van der Waals surface area (Å²) < 4.78 is 40.8. The monoisotopic (exact) mass is 642 g/mol. The Labute approximate surface area is 270 Å². The summed E-state index contributed by atoms with van der Waals surface area (Å²) in [6.07, 6.45) is 4.53. The Morgan fingerprint density at radius 2 is 1.80 bits per heavy atom. The summed E-state index contributed by atoms with van der Waals surface area (Å²) in [5.41, 5.74) is 6.01. The zero-order chi connectivity index (χ0) is 33.3. The van der Waals surface area contributed by atoms with Crippen LogP contribution in [-0.4, -0.2) is 40.9 Å². The number of nitrogens with one attached hydrogen (secondary N) is 1. The maximum Gasteiger partial charge on any atom is 0.336 e. The van der Waals surface area contributed by atoms with Gasteiger partial charge in [-0.25, -0.2) is 4.79 Å².